The first-order valence-corrected chi connectivity index (χ1v) is 8.70. The van der Waals surface area contributed by atoms with E-state index in [1.807, 2.05) is 11.3 Å². The van der Waals surface area contributed by atoms with E-state index in [9.17, 15) is 0 Å². The molecule has 0 bridgehead atoms. The van der Waals surface area contributed by atoms with Gasteiger partial charge in [0.2, 0.25) is 0 Å². The molecule has 2 nitrogen and oxygen atoms in total. The summed E-state index contributed by atoms with van der Waals surface area (Å²) in [6.45, 7) is 4.67. The van der Waals surface area contributed by atoms with Crippen molar-refractivity contribution in [3.05, 3.63) is 39.7 Å². The van der Waals surface area contributed by atoms with Crippen LogP contribution in [0.1, 0.15) is 55.0 Å². The number of thiazole rings is 1. The summed E-state index contributed by atoms with van der Waals surface area (Å²) >= 11 is 1.86. The van der Waals surface area contributed by atoms with Crippen molar-refractivity contribution in [2.45, 2.75) is 56.9 Å². The zero-order chi connectivity index (χ0) is 14.7. The molecule has 4 rings (SSSR count). The molecule has 1 aromatic carbocycles. The predicted octanol–water partition coefficient (Wildman–Crippen LogP) is 4.37. The number of fused-ring (bicyclic) bond motifs is 3. The Hall–Kier alpha value is -1.19. The van der Waals surface area contributed by atoms with Gasteiger partial charge in [0.15, 0.2) is 0 Å². The second-order valence-electron chi connectivity index (χ2n) is 7.26. The zero-order valence-electron chi connectivity index (χ0n) is 12.8. The summed E-state index contributed by atoms with van der Waals surface area (Å²) in [4.78, 5) is 6.43. The smallest absolute Gasteiger partial charge is 0.113 e. The Bertz CT molecular complexity index is 693. The van der Waals surface area contributed by atoms with Gasteiger partial charge >= 0.3 is 0 Å². The summed E-state index contributed by atoms with van der Waals surface area (Å²) in [5.41, 5.74) is 10.6. The van der Waals surface area contributed by atoms with Crippen LogP contribution >= 0.6 is 11.3 Å². The number of aromatic nitrogens is 1. The highest BCUT2D eigenvalue weighted by Gasteiger charge is 2.38. The molecule has 1 fully saturated rings. The molecule has 2 N–H and O–H groups in total. The SMILES string of the molecule is CC1(C)Cc2sc(C3(N)CCCC3)nc2-c2ccccc21. The van der Waals surface area contributed by atoms with Crippen LogP contribution in [0.5, 0.6) is 0 Å². The van der Waals surface area contributed by atoms with Crippen LogP contribution in [-0.4, -0.2) is 4.98 Å². The molecule has 2 aliphatic rings. The lowest BCUT2D eigenvalue weighted by Gasteiger charge is -2.31. The molecular formula is C18H22N2S. The van der Waals surface area contributed by atoms with Crippen molar-refractivity contribution >= 4 is 11.3 Å². The molecule has 0 radical (unpaired) electrons. The highest BCUT2D eigenvalue weighted by Crippen LogP contribution is 2.47. The Balaban J connectivity index is 1.87. The molecule has 21 heavy (non-hydrogen) atoms. The minimum absolute atomic E-state index is 0.166. The molecule has 3 heteroatoms. The van der Waals surface area contributed by atoms with E-state index in [2.05, 4.69) is 38.1 Å². The third-order valence-corrected chi connectivity index (χ3v) is 6.41. The topological polar surface area (TPSA) is 38.9 Å². The van der Waals surface area contributed by atoms with Crippen LogP contribution in [0.15, 0.2) is 24.3 Å². The maximum absolute atomic E-state index is 6.63. The van der Waals surface area contributed by atoms with E-state index >= 15 is 0 Å². The second kappa shape index (κ2) is 4.40. The normalized spacial score (nSPS) is 21.9. The van der Waals surface area contributed by atoms with Crippen LogP contribution in [0.4, 0.5) is 0 Å². The van der Waals surface area contributed by atoms with E-state index in [-0.39, 0.29) is 11.0 Å². The minimum atomic E-state index is -0.166. The van der Waals surface area contributed by atoms with E-state index in [0.29, 0.717) is 0 Å². The van der Waals surface area contributed by atoms with Gasteiger partial charge in [0.25, 0.3) is 0 Å². The molecule has 0 spiro atoms. The molecule has 1 heterocycles. The van der Waals surface area contributed by atoms with Crippen molar-refractivity contribution < 1.29 is 0 Å². The lowest BCUT2D eigenvalue weighted by molar-refractivity contribution is 0.459. The Morgan fingerprint density at radius 1 is 1.14 bits per heavy atom. The Morgan fingerprint density at radius 2 is 1.86 bits per heavy atom. The van der Waals surface area contributed by atoms with Crippen LogP contribution in [0.25, 0.3) is 11.3 Å². The van der Waals surface area contributed by atoms with Crippen molar-refractivity contribution in [2.24, 2.45) is 5.73 Å². The van der Waals surface area contributed by atoms with E-state index < -0.39 is 0 Å². The molecule has 2 aliphatic carbocycles. The maximum atomic E-state index is 6.63. The Labute approximate surface area is 130 Å². The van der Waals surface area contributed by atoms with Crippen molar-refractivity contribution in [1.29, 1.82) is 0 Å². The molecule has 0 atom stereocenters. The first-order chi connectivity index (χ1) is 10.00. The van der Waals surface area contributed by atoms with Crippen LogP contribution < -0.4 is 5.73 Å². The summed E-state index contributed by atoms with van der Waals surface area (Å²) in [7, 11) is 0. The number of hydrogen-bond acceptors (Lipinski definition) is 3. The Kier molecular flexibility index (Phi) is 2.82. The lowest BCUT2D eigenvalue weighted by Crippen LogP contribution is -2.32. The minimum Gasteiger partial charge on any atom is -0.319 e. The van der Waals surface area contributed by atoms with Gasteiger partial charge in [-0.05, 0) is 30.2 Å². The van der Waals surface area contributed by atoms with Gasteiger partial charge in [-0.1, -0.05) is 51.0 Å². The number of nitrogens with two attached hydrogens (primary N) is 1. The number of nitrogens with zero attached hydrogens (tertiary/aromatic N) is 1. The molecule has 1 aromatic heterocycles. The summed E-state index contributed by atoms with van der Waals surface area (Å²) in [5.74, 6) is 0. The van der Waals surface area contributed by atoms with Gasteiger partial charge in [-0.3, -0.25) is 0 Å². The monoisotopic (exact) mass is 298 g/mol. The van der Waals surface area contributed by atoms with Gasteiger partial charge in [0.1, 0.15) is 5.01 Å². The third-order valence-electron chi connectivity index (χ3n) is 5.13. The van der Waals surface area contributed by atoms with Crippen LogP contribution in [0.2, 0.25) is 0 Å². The van der Waals surface area contributed by atoms with Gasteiger partial charge in [-0.2, -0.15) is 0 Å². The molecule has 110 valence electrons. The van der Waals surface area contributed by atoms with E-state index in [0.717, 1.165) is 24.3 Å². The predicted molar refractivity (Wildman–Crippen MR) is 88.6 cm³/mol. The van der Waals surface area contributed by atoms with Crippen LogP contribution in [0.3, 0.4) is 0 Å². The first-order valence-electron chi connectivity index (χ1n) is 7.89. The van der Waals surface area contributed by atoms with Gasteiger partial charge in [0, 0.05) is 10.4 Å². The lowest BCUT2D eigenvalue weighted by atomic mass is 9.74. The van der Waals surface area contributed by atoms with Crippen molar-refractivity contribution in [3.63, 3.8) is 0 Å². The molecule has 0 unspecified atom stereocenters. The molecule has 1 saturated carbocycles. The highest BCUT2D eigenvalue weighted by atomic mass is 32.1. The van der Waals surface area contributed by atoms with Gasteiger partial charge in [0.05, 0.1) is 11.2 Å². The quantitative estimate of drug-likeness (QED) is 0.849. The summed E-state index contributed by atoms with van der Waals surface area (Å²) in [6.07, 6.45) is 5.73. The standard InChI is InChI=1S/C18H22N2S/c1-17(2)11-14-15(12-7-3-4-8-13(12)17)20-16(21-14)18(19)9-5-6-10-18/h3-4,7-8H,5-6,9-11,19H2,1-2H3. The van der Waals surface area contributed by atoms with Crippen molar-refractivity contribution in [2.75, 3.05) is 0 Å². The molecular weight excluding hydrogens is 276 g/mol. The summed E-state index contributed by atoms with van der Waals surface area (Å²) in [6, 6.07) is 8.73. The van der Waals surface area contributed by atoms with Gasteiger partial charge in [-0.15, -0.1) is 11.3 Å². The fourth-order valence-corrected chi connectivity index (χ4v) is 5.35. The van der Waals surface area contributed by atoms with E-state index in [1.165, 1.54) is 34.5 Å². The maximum Gasteiger partial charge on any atom is 0.113 e. The molecule has 0 saturated heterocycles. The Morgan fingerprint density at radius 3 is 2.62 bits per heavy atom. The largest absolute Gasteiger partial charge is 0.319 e. The number of rotatable bonds is 1. The average molecular weight is 298 g/mol. The second-order valence-corrected chi connectivity index (χ2v) is 8.34. The molecule has 0 aliphatic heterocycles. The van der Waals surface area contributed by atoms with Crippen molar-refractivity contribution in [1.82, 2.24) is 4.98 Å². The van der Waals surface area contributed by atoms with Gasteiger partial charge in [-0.25, -0.2) is 4.98 Å². The van der Waals surface area contributed by atoms with E-state index in [4.69, 9.17) is 10.7 Å². The van der Waals surface area contributed by atoms with Crippen LogP contribution in [-0.2, 0) is 17.4 Å². The number of benzene rings is 1. The zero-order valence-corrected chi connectivity index (χ0v) is 13.6. The first kappa shape index (κ1) is 13.5. The fraction of sp³-hybridized carbons (Fsp3) is 0.500. The van der Waals surface area contributed by atoms with Crippen molar-refractivity contribution in [3.8, 4) is 11.3 Å². The summed E-state index contributed by atoms with van der Waals surface area (Å²) in [5, 5.41) is 1.16. The van der Waals surface area contributed by atoms with Gasteiger partial charge < -0.3 is 5.73 Å². The molecule has 2 aromatic rings. The summed E-state index contributed by atoms with van der Waals surface area (Å²) < 4.78 is 0. The van der Waals surface area contributed by atoms with E-state index in [1.54, 1.807) is 0 Å². The number of hydrogen-bond donors (Lipinski definition) is 1. The fourth-order valence-electron chi connectivity index (χ4n) is 3.89. The van der Waals surface area contributed by atoms with Crippen LogP contribution in [0, 0.1) is 0 Å². The molecule has 0 amide bonds. The third kappa shape index (κ3) is 1.98. The average Bonchev–Trinajstić information content (AvgIpc) is 3.06. The highest BCUT2D eigenvalue weighted by molar-refractivity contribution is 7.12.